The quantitative estimate of drug-likeness (QED) is 0.811. The molecule has 4 nitrogen and oxygen atoms in total. The fourth-order valence-corrected chi connectivity index (χ4v) is 4.69. The molecule has 2 heterocycles. The Hall–Kier alpha value is -0.390. The van der Waals surface area contributed by atoms with E-state index in [1.807, 2.05) is 0 Å². The molecule has 5 heteroatoms. The predicted octanol–water partition coefficient (Wildman–Crippen LogP) is 2.53. The molecule has 0 amide bonds. The van der Waals surface area contributed by atoms with Crippen LogP contribution in [0.4, 0.5) is 0 Å². The van der Waals surface area contributed by atoms with Crippen molar-refractivity contribution in [1.29, 1.82) is 0 Å². The molecule has 1 unspecified atom stereocenters. The van der Waals surface area contributed by atoms with Gasteiger partial charge in [-0.2, -0.15) is 4.31 Å². The van der Waals surface area contributed by atoms with Gasteiger partial charge in [0.05, 0.1) is 5.75 Å². The lowest BCUT2D eigenvalue weighted by Gasteiger charge is -2.32. The van der Waals surface area contributed by atoms with Crippen molar-refractivity contribution in [3.05, 3.63) is 11.6 Å². The number of rotatable bonds is 4. The summed E-state index contributed by atoms with van der Waals surface area (Å²) in [6.45, 7) is 8.80. The minimum absolute atomic E-state index is 0.155. The first-order valence-corrected chi connectivity index (χ1v) is 9.81. The molecule has 1 atom stereocenters. The third-order valence-corrected chi connectivity index (χ3v) is 6.54. The molecule has 0 bridgehead atoms. The van der Waals surface area contributed by atoms with Gasteiger partial charge in [-0.3, -0.25) is 0 Å². The fraction of sp³-hybridized carbons (Fsp3) is 0.875. The Morgan fingerprint density at radius 2 is 2.10 bits per heavy atom. The molecule has 1 fully saturated rings. The molecule has 0 aliphatic carbocycles. The average molecular weight is 314 g/mol. The van der Waals surface area contributed by atoms with Gasteiger partial charge in [0.1, 0.15) is 0 Å². The first kappa shape index (κ1) is 17.0. The van der Waals surface area contributed by atoms with Crippen molar-refractivity contribution in [2.45, 2.75) is 58.9 Å². The standard InChI is InChI=1S/C16H30N2O2S/c1-16(2,3)14-7-11-18(12-8-14)21(19,20)13-9-15-6-4-5-10-17-15/h7,15,17H,4-6,8-13H2,1-3H3. The maximum atomic E-state index is 12.5. The smallest absolute Gasteiger partial charge is 0.214 e. The number of hydrogen-bond donors (Lipinski definition) is 1. The zero-order chi connectivity index (χ0) is 15.5. The van der Waals surface area contributed by atoms with Crippen LogP contribution in [-0.2, 0) is 10.0 Å². The van der Waals surface area contributed by atoms with Crippen LogP contribution in [0.3, 0.4) is 0 Å². The second kappa shape index (κ2) is 6.80. The largest absolute Gasteiger partial charge is 0.314 e. The van der Waals surface area contributed by atoms with Gasteiger partial charge in [-0.25, -0.2) is 8.42 Å². The highest BCUT2D eigenvalue weighted by molar-refractivity contribution is 7.89. The van der Waals surface area contributed by atoms with Gasteiger partial charge >= 0.3 is 0 Å². The molecule has 0 saturated carbocycles. The van der Waals surface area contributed by atoms with Crippen LogP contribution in [0.25, 0.3) is 0 Å². The number of piperidine rings is 1. The van der Waals surface area contributed by atoms with Crippen LogP contribution in [0.1, 0.15) is 52.9 Å². The van der Waals surface area contributed by atoms with Crippen LogP contribution in [0.2, 0.25) is 0 Å². The van der Waals surface area contributed by atoms with Crippen molar-refractivity contribution in [2.24, 2.45) is 5.41 Å². The van der Waals surface area contributed by atoms with Crippen molar-refractivity contribution < 1.29 is 8.42 Å². The van der Waals surface area contributed by atoms with E-state index in [2.05, 4.69) is 32.2 Å². The van der Waals surface area contributed by atoms with Crippen LogP contribution < -0.4 is 5.32 Å². The molecule has 122 valence electrons. The highest BCUT2D eigenvalue weighted by atomic mass is 32.2. The molecule has 0 aromatic heterocycles. The van der Waals surface area contributed by atoms with Gasteiger partial charge in [-0.1, -0.05) is 38.8 Å². The normalized spacial score (nSPS) is 25.7. The monoisotopic (exact) mass is 314 g/mol. The topological polar surface area (TPSA) is 49.4 Å². The van der Waals surface area contributed by atoms with Crippen LogP contribution in [0.15, 0.2) is 11.6 Å². The van der Waals surface area contributed by atoms with Gasteiger partial charge in [0.2, 0.25) is 10.0 Å². The van der Waals surface area contributed by atoms with E-state index in [0.29, 0.717) is 19.1 Å². The van der Waals surface area contributed by atoms with Crippen LogP contribution in [0, 0.1) is 5.41 Å². The van der Waals surface area contributed by atoms with E-state index in [1.165, 1.54) is 18.4 Å². The van der Waals surface area contributed by atoms with Crippen molar-refractivity contribution in [2.75, 3.05) is 25.4 Å². The summed E-state index contributed by atoms with van der Waals surface area (Å²) in [5, 5.41) is 3.43. The zero-order valence-corrected chi connectivity index (χ0v) is 14.5. The Labute approximate surface area is 130 Å². The molecule has 2 aliphatic heterocycles. The van der Waals surface area contributed by atoms with E-state index in [-0.39, 0.29) is 11.2 Å². The first-order valence-electron chi connectivity index (χ1n) is 8.20. The molecule has 2 rings (SSSR count). The highest BCUT2D eigenvalue weighted by Crippen LogP contribution is 2.30. The summed E-state index contributed by atoms with van der Waals surface area (Å²) >= 11 is 0. The maximum absolute atomic E-state index is 12.5. The minimum atomic E-state index is -3.10. The number of hydrogen-bond acceptors (Lipinski definition) is 3. The van der Waals surface area contributed by atoms with Gasteiger partial charge in [-0.05, 0) is 37.6 Å². The van der Waals surface area contributed by atoms with Crippen LogP contribution in [0.5, 0.6) is 0 Å². The predicted molar refractivity (Wildman–Crippen MR) is 87.8 cm³/mol. The maximum Gasteiger partial charge on any atom is 0.214 e. The van der Waals surface area contributed by atoms with Gasteiger partial charge in [0.15, 0.2) is 0 Å². The van der Waals surface area contributed by atoms with Crippen molar-refractivity contribution in [3.8, 4) is 0 Å². The van der Waals surface area contributed by atoms with Crippen molar-refractivity contribution in [3.63, 3.8) is 0 Å². The lowest BCUT2D eigenvalue weighted by Crippen LogP contribution is -2.40. The van der Waals surface area contributed by atoms with E-state index in [9.17, 15) is 8.42 Å². The highest BCUT2D eigenvalue weighted by Gasteiger charge is 2.28. The second-order valence-electron chi connectivity index (χ2n) is 7.34. The third-order valence-electron chi connectivity index (χ3n) is 4.67. The molecule has 0 radical (unpaired) electrons. The number of nitrogens with zero attached hydrogens (tertiary/aromatic N) is 1. The summed E-state index contributed by atoms with van der Waals surface area (Å²) in [6, 6.07) is 0.388. The summed E-state index contributed by atoms with van der Waals surface area (Å²) in [6.07, 6.45) is 7.28. The number of nitrogens with one attached hydrogen (secondary N) is 1. The lowest BCUT2D eigenvalue weighted by molar-refractivity contribution is 0.375. The molecule has 1 N–H and O–H groups in total. The van der Waals surface area contributed by atoms with E-state index < -0.39 is 10.0 Å². The summed E-state index contributed by atoms with van der Waals surface area (Å²) in [4.78, 5) is 0. The molecule has 0 spiro atoms. The third kappa shape index (κ3) is 4.80. The molecular formula is C16H30N2O2S. The molecule has 0 aromatic carbocycles. The Morgan fingerprint density at radius 3 is 2.62 bits per heavy atom. The molecule has 0 aromatic rings. The summed E-state index contributed by atoms with van der Waals surface area (Å²) in [7, 11) is -3.10. The summed E-state index contributed by atoms with van der Waals surface area (Å²) in [5.74, 6) is 0.281. The Kier molecular flexibility index (Phi) is 5.49. The minimum Gasteiger partial charge on any atom is -0.314 e. The van der Waals surface area contributed by atoms with Crippen molar-refractivity contribution >= 4 is 10.0 Å². The SMILES string of the molecule is CC(C)(C)C1=CCN(S(=O)(=O)CCC2CCCCN2)CC1. The molecule has 1 saturated heterocycles. The average Bonchev–Trinajstić information content (AvgIpc) is 2.46. The van der Waals surface area contributed by atoms with Gasteiger partial charge in [-0.15, -0.1) is 0 Å². The molecule has 2 aliphatic rings. The van der Waals surface area contributed by atoms with Crippen LogP contribution >= 0.6 is 0 Å². The Balaban J connectivity index is 1.87. The molecule has 21 heavy (non-hydrogen) atoms. The Morgan fingerprint density at radius 1 is 1.33 bits per heavy atom. The van der Waals surface area contributed by atoms with Crippen molar-refractivity contribution in [1.82, 2.24) is 9.62 Å². The first-order chi connectivity index (χ1) is 9.79. The number of sulfonamides is 1. The molecular weight excluding hydrogens is 284 g/mol. The van der Waals surface area contributed by atoms with Gasteiger partial charge in [0, 0.05) is 19.1 Å². The summed E-state index contributed by atoms with van der Waals surface area (Å²) in [5.41, 5.74) is 1.53. The lowest BCUT2D eigenvalue weighted by atomic mass is 9.83. The van der Waals surface area contributed by atoms with E-state index in [4.69, 9.17) is 0 Å². The zero-order valence-electron chi connectivity index (χ0n) is 13.7. The van der Waals surface area contributed by atoms with Gasteiger partial charge < -0.3 is 5.32 Å². The Bertz CT molecular complexity index is 471. The second-order valence-corrected chi connectivity index (χ2v) is 9.43. The van der Waals surface area contributed by atoms with E-state index in [1.54, 1.807) is 4.31 Å². The fourth-order valence-electron chi connectivity index (χ4n) is 3.18. The summed E-state index contributed by atoms with van der Waals surface area (Å²) < 4.78 is 26.6. The van der Waals surface area contributed by atoms with E-state index in [0.717, 1.165) is 25.8 Å². The van der Waals surface area contributed by atoms with Crippen LogP contribution in [-0.4, -0.2) is 44.2 Å². The van der Waals surface area contributed by atoms with E-state index >= 15 is 0 Å². The van der Waals surface area contributed by atoms with Gasteiger partial charge in [0.25, 0.3) is 0 Å².